The summed E-state index contributed by atoms with van der Waals surface area (Å²) in [6.45, 7) is 1.16. The Hall–Kier alpha value is 0.490. The Labute approximate surface area is 75.4 Å². The van der Waals surface area contributed by atoms with E-state index < -0.39 is 18.0 Å². The Bertz CT molecular complexity index is 109. The van der Waals surface area contributed by atoms with E-state index in [2.05, 4.69) is 25.3 Å². The Morgan fingerprint density at radius 3 is 1.64 bits per heavy atom. The topological polar surface area (TPSA) is 0 Å². The van der Waals surface area contributed by atoms with Crippen LogP contribution in [0.1, 0.15) is 6.92 Å². The van der Waals surface area contributed by atoms with E-state index in [0.29, 0.717) is 0 Å². The number of halogens is 3. The summed E-state index contributed by atoms with van der Waals surface area (Å²) in [4.78, 5) is 0. The molecule has 0 aliphatic rings. The molecule has 0 saturated carbocycles. The second-order valence-electron chi connectivity index (χ2n) is 2.46. The highest BCUT2D eigenvalue weighted by Crippen LogP contribution is 2.32. The van der Waals surface area contributed by atoms with Gasteiger partial charge in [-0.2, -0.15) is 38.4 Å². The van der Waals surface area contributed by atoms with Gasteiger partial charge in [-0.15, -0.1) is 0 Å². The summed E-state index contributed by atoms with van der Waals surface area (Å²) in [5.41, 5.74) is 0. The molecule has 0 spiro atoms. The van der Waals surface area contributed by atoms with Crippen molar-refractivity contribution in [1.29, 1.82) is 0 Å². The van der Waals surface area contributed by atoms with E-state index in [9.17, 15) is 13.2 Å². The molecule has 0 N–H and O–H groups in total. The molecule has 0 nitrogen and oxygen atoms in total. The summed E-state index contributed by atoms with van der Waals surface area (Å²) >= 11 is 7.64. The first-order valence-corrected chi connectivity index (χ1v) is 4.48. The van der Waals surface area contributed by atoms with Gasteiger partial charge in [0.1, 0.15) is 0 Å². The Morgan fingerprint density at radius 1 is 1.18 bits per heavy atom. The molecule has 0 aromatic rings. The van der Waals surface area contributed by atoms with Crippen molar-refractivity contribution in [2.24, 2.45) is 11.8 Å². The minimum Gasteiger partial charge on any atom is -0.179 e. The molecule has 0 fully saturated rings. The molecule has 0 heterocycles. The first-order chi connectivity index (χ1) is 4.93. The Balaban J connectivity index is 4.09. The monoisotopic (exact) mass is 204 g/mol. The summed E-state index contributed by atoms with van der Waals surface area (Å²) in [5.74, 6) is -1.34. The van der Waals surface area contributed by atoms with Gasteiger partial charge in [0.2, 0.25) is 0 Å². The maximum Gasteiger partial charge on any atom is 0.391 e. The highest BCUT2D eigenvalue weighted by Gasteiger charge is 2.39. The quantitative estimate of drug-likeness (QED) is 0.649. The van der Waals surface area contributed by atoms with Gasteiger partial charge in [-0.25, -0.2) is 0 Å². The Kier molecular flexibility index (Phi) is 4.70. The largest absolute Gasteiger partial charge is 0.391 e. The maximum absolute atomic E-state index is 12.0. The fraction of sp³-hybridized carbons (Fsp3) is 1.00. The van der Waals surface area contributed by atoms with Crippen molar-refractivity contribution in [3.8, 4) is 0 Å². The summed E-state index contributed by atoms with van der Waals surface area (Å²) in [6.07, 6.45) is -4.11. The van der Waals surface area contributed by atoms with Crippen molar-refractivity contribution in [2.45, 2.75) is 13.1 Å². The van der Waals surface area contributed by atoms with E-state index in [1.54, 1.807) is 0 Å². The molecular weight excluding hydrogens is 193 g/mol. The van der Waals surface area contributed by atoms with Gasteiger partial charge >= 0.3 is 6.18 Å². The lowest BCUT2D eigenvalue weighted by molar-refractivity contribution is -0.179. The zero-order valence-corrected chi connectivity index (χ0v) is 7.89. The summed E-state index contributed by atoms with van der Waals surface area (Å²) in [6, 6.07) is 0. The van der Waals surface area contributed by atoms with Crippen molar-refractivity contribution in [1.82, 2.24) is 0 Å². The van der Waals surface area contributed by atoms with Crippen LogP contribution in [0.25, 0.3) is 0 Å². The second kappa shape index (κ2) is 4.50. The third-order valence-corrected chi connectivity index (χ3v) is 2.63. The van der Waals surface area contributed by atoms with Crippen molar-refractivity contribution in [3.05, 3.63) is 0 Å². The third kappa shape index (κ3) is 3.60. The lowest BCUT2D eigenvalue weighted by atomic mass is 9.97. The van der Waals surface area contributed by atoms with Crippen LogP contribution in [0.3, 0.4) is 0 Å². The SMILES string of the molecule is CC(C(CS)CS)C(F)(F)F. The molecule has 11 heavy (non-hydrogen) atoms. The van der Waals surface area contributed by atoms with Crippen molar-refractivity contribution in [2.75, 3.05) is 11.5 Å². The lowest BCUT2D eigenvalue weighted by Gasteiger charge is -2.22. The normalized spacial score (nSPS) is 15.5. The van der Waals surface area contributed by atoms with Gasteiger partial charge in [0.05, 0.1) is 5.92 Å². The van der Waals surface area contributed by atoms with Gasteiger partial charge in [0, 0.05) is 0 Å². The molecule has 1 atom stereocenters. The van der Waals surface area contributed by atoms with E-state index in [4.69, 9.17) is 0 Å². The van der Waals surface area contributed by atoms with Crippen molar-refractivity contribution >= 4 is 25.3 Å². The molecule has 0 amide bonds. The molecule has 0 rings (SSSR count). The fourth-order valence-corrected chi connectivity index (χ4v) is 1.74. The van der Waals surface area contributed by atoms with Crippen LogP contribution in [0.15, 0.2) is 0 Å². The van der Waals surface area contributed by atoms with E-state index in [0.717, 1.165) is 6.92 Å². The Morgan fingerprint density at radius 2 is 1.55 bits per heavy atom. The van der Waals surface area contributed by atoms with E-state index in [1.165, 1.54) is 0 Å². The summed E-state index contributed by atoms with van der Waals surface area (Å²) < 4.78 is 36.0. The van der Waals surface area contributed by atoms with E-state index >= 15 is 0 Å². The third-order valence-electron chi connectivity index (χ3n) is 1.69. The zero-order valence-electron chi connectivity index (χ0n) is 6.10. The first kappa shape index (κ1) is 11.5. The van der Waals surface area contributed by atoms with Gasteiger partial charge in [0.25, 0.3) is 0 Å². The summed E-state index contributed by atoms with van der Waals surface area (Å²) in [7, 11) is 0. The minimum atomic E-state index is -4.11. The van der Waals surface area contributed by atoms with Crippen LogP contribution in [0.2, 0.25) is 0 Å². The highest BCUT2D eigenvalue weighted by atomic mass is 32.1. The maximum atomic E-state index is 12.0. The van der Waals surface area contributed by atoms with Crippen LogP contribution in [0.5, 0.6) is 0 Å². The molecule has 0 aliphatic carbocycles. The number of hydrogen-bond acceptors (Lipinski definition) is 2. The first-order valence-electron chi connectivity index (χ1n) is 3.22. The van der Waals surface area contributed by atoms with Crippen LogP contribution in [0.4, 0.5) is 13.2 Å². The molecule has 68 valence electrons. The van der Waals surface area contributed by atoms with Crippen molar-refractivity contribution < 1.29 is 13.2 Å². The van der Waals surface area contributed by atoms with Crippen LogP contribution >= 0.6 is 25.3 Å². The van der Waals surface area contributed by atoms with Gasteiger partial charge in [0.15, 0.2) is 0 Å². The number of rotatable bonds is 3. The van der Waals surface area contributed by atoms with Crippen LogP contribution < -0.4 is 0 Å². The zero-order chi connectivity index (χ0) is 9.07. The molecule has 0 saturated heterocycles. The van der Waals surface area contributed by atoms with Crippen LogP contribution in [-0.4, -0.2) is 17.7 Å². The second-order valence-corrected chi connectivity index (χ2v) is 3.19. The fourth-order valence-electron chi connectivity index (χ4n) is 0.641. The van der Waals surface area contributed by atoms with Crippen LogP contribution in [-0.2, 0) is 0 Å². The molecule has 0 aromatic heterocycles. The molecule has 0 radical (unpaired) electrons. The average Bonchev–Trinajstić information content (AvgIpc) is 1.88. The number of hydrogen-bond donors (Lipinski definition) is 2. The molecule has 0 aromatic carbocycles. The molecular formula is C6H11F3S2. The van der Waals surface area contributed by atoms with Crippen LogP contribution in [0, 0.1) is 11.8 Å². The number of alkyl halides is 3. The highest BCUT2D eigenvalue weighted by molar-refractivity contribution is 7.81. The molecule has 5 heteroatoms. The molecule has 0 aliphatic heterocycles. The lowest BCUT2D eigenvalue weighted by Crippen LogP contribution is -2.29. The summed E-state index contributed by atoms with van der Waals surface area (Å²) in [5, 5.41) is 0. The smallest absolute Gasteiger partial charge is 0.179 e. The number of thiol groups is 2. The van der Waals surface area contributed by atoms with Gasteiger partial charge < -0.3 is 0 Å². The van der Waals surface area contributed by atoms with Crippen molar-refractivity contribution in [3.63, 3.8) is 0 Å². The average molecular weight is 204 g/mol. The van der Waals surface area contributed by atoms with Gasteiger partial charge in [-0.1, -0.05) is 6.92 Å². The van der Waals surface area contributed by atoms with E-state index in [-0.39, 0.29) is 11.5 Å². The molecule has 0 bridgehead atoms. The standard InChI is InChI=1S/C6H11F3S2/c1-4(6(7,8)9)5(2-10)3-11/h4-5,10-11H,2-3H2,1H3. The van der Waals surface area contributed by atoms with Gasteiger partial charge in [-0.05, 0) is 17.4 Å². The predicted molar refractivity (Wildman–Crippen MR) is 46.4 cm³/mol. The molecule has 1 unspecified atom stereocenters. The van der Waals surface area contributed by atoms with Gasteiger partial charge in [-0.3, -0.25) is 0 Å². The minimum absolute atomic E-state index is 0.226. The predicted octanol–water partition coefficient (Wildman–Crippen LogP) is 2.66. The van der Waals surface area contributed by atoms with E-state index in [1.807, 2.05) is 0 Å².